The Morgan fingerprint density at radius 2 is 0.700 bits per heavy atom. The number of hydrogen-bond acceptors (Lipinski definition) is 10. The molecule has 0 heterocycles. The maximum Gasteiger partial charge on any atom is 0.333 e. The van der Waals surface area contributed by atoms with Crippen molar-refractivity contribution < 1.29 is 47.5 Å². The topological polar surface area (TPSA) is 108 Å². The lowest BCUT2D eigenvalue weighted by Gasteiger charge is -2.22. The second-order valence-corrected chi connectivity index (χ2v) is 13.6. The molecular weight excluding hydrogens is 761 g/mol. The molecule has 0 N–H and O–H groups in total. The Kier molecular flexibility index (Phi) is 15.0. The predicted octanol–water partition coefficient (Wildman–Crippen LogP) is 10.8. The molecule has 306 valence electrons. The Morgan fingerprint density at radius 1 is 0.400 bits per heavy atom. The largest absolute Gasteiger partial charge is 0.490 e. The molecule has 2 atom stereocenters. The molecule has 6 rings (SSSR count). The third-order valence-corrected chi connectivity index (χ3v) is 8.64. The van der Waals surface area contributed by atoms with Gasteiger partial charge in [0.1, 0.15) is 72.4 Å². The molecule has 0 saturated carbocycles. The first kappa shape index (κ1) is 42.2. The molecule has 0 aliphatic heterocycles. The Bertz CT molecular complexity index is 2160. The second kappa shape index (κ2) is 21.3. The first-order valence-electron chi connectivity index (χ1n) is 19.3. The van der Waals surface area contributed by atoms with Crippen LogP contribution >= 0.6 is 0 Å². The van der Waals surface area contributed by atoms with Crippen LogP contribution in [0.25, 0.3) is 11.1 Å². The number of hydrogen-bond donors (Lipinski definition) is 0. The fourth-order valence-electron chi connectivity index (χ4n) is 5.57. The molecule has 0 spiro atoms. The summed E-state index contributed by atoms with van der Waals surface area (Å²) in [7, 11) is 0. The molecule has 0 aromatic heterocycles. The molecule has 60 heavy (non-hydrogen) atoms. The molecule has 0 amide bonds. The molecule has 0 bridgehead atoms. The Hall–Kier alpha value is -7.46. The fourth-order valence-corrected chi connectivity index (χ4v) is 5.57. The van der Waals surface area contributed by atoms with E-state index in [1.807, 2.05) is 109 Å². The summed E-state index contributed by atoms with van der Waals surface area (Å²) in [5, 5.41) is 0. The molecule has 0 saturated heterocycles. The summed E-state index contributed by atoms with van der Waals surface area (Å²) in [6.45, 7) is 10.6. The van der Waals surface area contributed by atoms with Crippen molar-refractivity contribution in [1.82, 2.24) is 0 Å². The molecule has 6 aromatic rings. The van der Waals surface area contributed by atoms with Gasteiger partial charge in [0.15, 0.2) is 12.2 Å². The summed E-state index contributed by atoms with van der Waals surface area (Å²) < 4.78 is 47.9. The highest BCUT2D eigenvalue weighted by atomic mass is 16.6. The van der Waals surface area contributed by atoms with Crippen molar-refractivity contribution in [3.8, 4) is 57.1 Å². The molecule has 0 aliphatic rings. The van der Waals surface area contributed by atoms with Crippen LogP contribution < -0.4 is 28.4 Å². The molecular formula is C50H46O10. The van der Waals surface area contributed by atoms with E-state index in [1.165, 1.54) is 0 Å². The van der Waals surface area contributed by atoms with Gasteiger partial charge in [0.2, 0.25) is 0 Å². The van der Waals surface area contributed by atoms with E-state index in [2.05, 4.69) is 13.2 Å². The minimum absolute atomic E-state index is 0.0117. The lowest BCUT2D eigenvalue weighted by Crippen LogP contribution is -2.31. The van der Waals surface area contributed by atoms with E-state index in [0.29, 0.717) is 34.5 Å². The number of esters is 2. The highest BCUT2D eigenvalue weighted by molar-refractivity contribution is 5.87. The molecule has 0 fully saturated rings. The van der Waals surface area contributed by atoms with Gasteiger partial charge < -0.3 is 37.9 Å². The summed E-state index contributed by atoms with van der Waals surface area (Å²) in [6, 6.07) is 48.1. The highest BCUT2D eigenvalue weighted by Gasteiger charge is 2.21. The molecule has 10 heteroatoms. The first-order valence-corrected chi connectivity index (χ1v) is 19.3. The van der Waals surface area contributed by atoms with Crippen LogP contribution in [0.3, 0.4) is 0 Å². The van der Waals surface area contributed by atoms with Crippen molar-refractivity contribution in [3.05, 3.63) is 182 Å². The average molecular weight is 807 g/mol. The van der Waals surface area contributed by atoms with Crippen molar-refractivity contribution in [2.24, 2.45) is 0 Å². The molecule has 2 unspecified atom stereocenters. The zero-order chi connectivity index (χ0) is 42.1. The van der Waals surface area contributed by atoms with Gasteiger partial charge in [0.05, 0.1) is 0 Å². The summed E-state index contributed by atoms with van der Waals surface area (Å²) >= 11 is 0. The number of carbonyl (C=O) groups excluding carboxylic acids is 2. The van der Waals surface area contributed by atoms with Gasteiger partial charge in [-0.2, -0.15) is 0 Å². The van der Waals surface area contributed by atoms with Crippen LogP contribution in [0.15, 0.2) is 182 Å². The van der Waals surface area contributed by atoms with Crippen molar-refractivity contribution in [1.29, 1.82) is 0 Å². The maximum atomic E-state index is 12.6. The van der Waals surface area contributed by atoms with Gasteiger partial charge in [-0.3, -0.25) is 0 Å². The van der Waals surface area contributed by atoms with Gasteiger partial charge in [-0.05, 0) is 98.8 Å². The molecule has 6 aromatic carbocycles. The summed E-state index contributed by atoms with van der Waals surface area (Å²) in [5.41, 5.74) is 1.94. The summed E-state index contributed by atoms with van der Waals surface area (Å²) in [6.07, 6.45) is -1.57. The number of para-hydroxylation sites is 4. The number of ether oxygens (including phenoxy) is 8. The normalized spacial score (nSPS) is 11.6. The molecule has 0 radical (unpaired) electrons. The van der Waals surface area contributed by atoms with Gasteiger partial charge >= 0.3 is 11.9 Å². The SMILES string of the molecule is C=C(C)C(=O)OC(COc1ccc(Oc2ccccc2)cc1)COc1ccccc1-c1ccccc1OCC(COc1ccc(Oc2ccccc2)cc1)OC(=O)C(=C)C. The van der Waals surface area contributed by atoms with E-state index in [9.17, 15) is 9.59 Å². The van der Waals surface area contributed by atoms with Gasteiger partial charge in [-0.1, -0.05) is 86.0 Å². The lowest BCUT2D eigenvalue weighted by atomic mass is 10.0. The van der Waals surface area contributed by atoms with Gasteiger partial charge in [0, 0.05) is 22.3 Å². The first-order chi connectivity index (χ1) is 29.2. The van der Waals surface area contributed by atoms with Crippen molar-refractivity contribution in [2.75, 3.05) is 26.4 Å². The van der Waals surface area contributed by atoms with Gasteiger partial charge in [-0.25, -0.2) is 9.59 Å². The number of rotatable bonds is 21. The Labute approximate surface area is 350 Å². The maximum absolute atomic E-state index is 12.6. The lowest BCUT2D eigenvalue weighted by molar-refractivity contribution is -0.148. The highest BCUT2D eigenvalue weighted by Crippen LogP contribution is 2.37. The number of carbonyl (C=O) groups is 2. The average Bonchev–Trinajstić information content (AvgIpc) is 3.27. The van der Waals surface area contributed by atoms with Crippen LogP contribution in [0, 0.1) is 0 Å². The third-order valence-electron chi connectivity index (χ3n) is 8.64. The fraction of sp³-hybridized carbons (Fsp3) is 0.160. The third kappa shape index (κ3) is 12.8. The summed E-state index contributed by atoms with van der Waals surface area (Å²) in [4.78, 5) is 25.3. The van der Waals surface area contributed by atoms with Crippen LogP contribution in [-0.4, -0.2) is 50.6 Å². The van der Waals surface area contributed by atoms with Gasteiger partial charge in [0.25, 0.3) is 0 Å². The van der Waals surface area contributed by atoms with E-state index in [0.717, 1.165) is 22.6 Å². The van der Waals surface area contributed by atoms with E-state index in [1.54, 1.807) is 62.4 Å². The zero-order valence-electron chi connectivity index (χ0n) is 33.5. The van der Waals surface area contributed by atoms with Gasteiger partial charge in [-0.15, -0.1) is 0 Å². The van der Waals surface area contributed by atoms with Crippen LogP contribution in [0.2, 0.25) is 0 Å². The van der Waals surface area contributed by atoms with Crippen LogP contribution in [-0.2, 0) is 19.1 Å². The minimum Gasteiger partial charge on any atom is -0.490 e. The van der Waals surface area contributed by atoms with E-state index in [4.69, 9.17) is 37.9 Å². The van der Waals surface area contributed by atoms with E-state index >= 15 is 0 Å². The molecule has 10 nitrogen and oxygen atoms in total. The Morgan fingerprint density at radius 3 is 1.07 bits per heavy atom. The standard InChI is InChI=1S/C50H46O10/c1-35(2)49(51)59-43(31-53-37-23-27-41(28-24-37)57-39-15-7-5-8-16-39)33-55-47-21-13-11-19-45(47)46-20-12-14-22-48(46)56-34-44(60-50(52)36(3)4)32-54-38-25-29-42(30-26-38)58-40-17-9-6-10-18-40/h5-30,43-44H,1,3,31-34H2,2,4H3. The quantitative estimate of drug-likeness (QED) is 0.0515. The monoisotopic (exact) mass is 806 g/mol. The van der Waals surface area contributed by atoms with E-state index < -0.39 is 24.1 Å². The minimum atomic E-state index is -0.787. The zero-order valence-corrected chi connectivity index (χ0v) is 33.5. The second-order valence-electron chi connectivity index (χ2n) is 13.6. The van der Waals surface area contributed by atoms with Crippen LogP contribution in [0.1, 0.15) is 13.8 Å². The van der Waals surface area contributed by atoms with Crippen molar-refractivity contribution >= 4 is 11.9 Å². The van der Waals surface area contributed by atoms with Crippen molar-refractivity contribution in [2.45, 2.75) is 26.1 Å². The van der Waals surface area contributed by atoms with Crippen LogP contribution in [0.5, 0.6) is 46.0 Å². The Balaban J connectivity index is 1.10. The van der Waals surface area contributed by atoms with Crippen molar-refractivity contribution in [3.63, 3.8) is 0 Å². The number of benzene rings is 6. The summed E-state index contributed by atoms with van der Waals surface area (Å²) in [5.74, 6) is 3.75. The van der Waals surface area contributed by atoms with Crippen LogP contribution in [0.4, 0.5) is 0 Å². The predicted molar refractivity (Wildman–Crippen MR) is 229 cm³/mol. The molecule has 0 aliphatic carbocycles. The smallest absolute Gasteiger partial charge is 0.333 e. The van der Waals surface area contributed by atoms with E-state index in [-0.39, 0.29) is 37.6 Å².